The van der Waals surface area contributed by atoms with Crippen molar-refractivity contribution in [1.82, 2.24) is 0 Å². The monoisotopic (exact) mass is 330 g/mol. The van der Waals surface area contributed by atoms with Crippen LogP contribution in [0.3, 0.4) is 0 Å². The number of carbonyl (C=O) groups is 1. The minimum Gasteiger partial charge on any atom is -0.487 e. The summed E-state index contributed by atoms with van der Waals surface area (Å²) in [6, 6.07) is 11.1. The van der Waals surface area contributed by atoms with Crippen molar-refractivity contribution in [2.75, 3.05) is 16.8 Å². The van der Waals surface area contributed by atoms with Gasteiger partial charge in [0.05, 0.1) is 12.2 Å². The van der Waals surface area contributed by atoms with Crippen LogP contribution in [0.15, 0.2) is 36.4 Å². The van der Waals surface area contributed by atoms with Crippen molar-refractivity contribution in [1.29, 1.82) is 0 Å². The number of halogens is 1. The third-order valence-corrected chi connectivity index (χ3v) is 3.93. The summed E-state index contributed by atoms with van der Waals surface area (Å²) < 4.78 is 5.78. The van der Waals surface area contributed by atoms with Crippen LogP contribution in [0.5, 0.6) is 5.75 Å². The van der Waals surface area contributed by atoms with Gasteiger partial charge in [-0.3, -0.25) is 4.90 Å². The Morgan fingerprint density at radius 1 is 1.22 bits per heavy atom. The summed E-state index contributed by atoms with van der Waals surface area (Å²) in [7, 11) is 0. The van der Waals surface area contributed by atoms with E-state index in [2.05, 4.69) is 11.4 Å². The zero-order chi connectivity index (χ0) is 16.6. The first-order valence-electron chi connectivity index (χ1n) is 7.55. The lowest BCUT2D eigenvalue weighted by Gasteiger charge is -2.33. The average molecular weight is 331 g/mol. The van der Waals surface area contributed by atoms with Gasteiger partial charge >= 0.3 is 6.03 Å². The SMILES string of the molecule is Cc1cc(C)cc(NC(=O)N2C[C@@H](C)Oc3ccc(Cl)cc32)c1. The second kappa shape index (κ2) is 6.13. The maximum Gasteiger partial charge on any atom is 0.326 e. The number of urea groups is 1. The molecule has 1 N–H and O–H groups in total. The van der Waals surface area contributed by atoms with E-state index in [1.807, 2.05) is 32.9 Å². The highest BCUT2D eigenvalue weighted by molar-refractivity contribution is 6.31. The second-order valence-corrected chi connectivity index (χ2v) is 6.39. The zero-order valence-electron chi connectivity index (χ0n) is 13.4. The fourth-order valence-electron chi connectivity index (χ4n) is 2.84. The number of hydrogen-bond acceptors (Lipinski definition) is 2. The number of nitrogens with zero attached hydrogens (tertiary/aromatic N) is 1. The van der Waals surface area contributed by atoms with Gasteiger partial charge in [0.25, 0.3) is 0 Å². The Labute approximate surface area is 141 Å². The van der Waals surface area contributed by atoms with E-state index in [-0.39, 0.29) is 12.1 Å². The molecule has 0 saturated carbocycles. The number of anilines is 2. The quantitative estimate of drug-likeness (QED) is 0.817. The summed E-state index contributed by atoms with van der Waals surface area (Å²) in [5, 5.41) is 3.54. The van der Waals surface area contributed by atoms with Gasteiger partial charge < -0.3 is 10.1 Å². The predicted molar refractivity (Wildman–Crippen MR) is 93.8 cm³/mol. The molecule has 0 unspecified atom stereocenters. The highest BCUT2D eigenvalue weighted by Crippen LogP contribution is 2.36. The summed E-state index contributed by atoms with van der Waals surface area (Å²) in [4.78, 5) is 14.4. The van der Waals surface area contributed by atoms with Crippen molar-refractivity contribution in [3.8, 4) is 5.75 Å². The van der Waals surface area contributed by atoms with Gasteiger partial charge in [-0.25, -0.2) is 4.79 Å². The van der Waals surface area contributed by atoms with E-state index >= 15 is 0 Å². The first-order valence-corrected chi connectivity index (χ1v) is 7.93. The normalized spacial score (nSPS) is 16.5. The van der Waals surface area contributed by atoms with E-state index in [0.29, 0.717) is 23.0 Å². The largest absolute Gasteiger partial charge is 0.487 e. The van der Waals surface area contributed by atoms with Gasteiger partial charge in [0.1, 0.15) is 11.9 Å². The Balaban J connectivity index is 1.89. The molecule has 2 aromatic rings. The van der Waals surface area contributed by atoms with Crippen molar-refractivity contribution < 1.29 is 9.53 Å². The molecule has 0 fully saturated rings. The molecule has 1 heterocycles. The number of carbonyl (C=O) groups excluding carboxylic acids is 1. The smallest absolute Gasteiger partial charge is 0.326 e. The molecule has 5 heteroatoms. The van der Waals surface area contributed by atoms with Gasteiger partial charge in [-0.2, -0.15) is 0 Å². The molecule has 1 aliphatic rings. The Morgan fingerprint density at radius 3 is 2.61 bits per heavy atom. The molecule has 0 radical (unpaired) electrons. The number of aryl methyl sites for hydroxylation is 2. The first-order chi connectivity index (χ1) is 10.9. The standard InChI is InChI=1S/C18H19ClN2O2/c1-11-6-12(2)8-15(7-11)20-18(22)21-10-13(3)23-17-5-4-14(19)9-16(17)21/h4-9,13H,10H2,1-3H3,(H,20,22)/t13-/m1/s1. The van der Waals surface area contributed by atoms with Crippen molar-refractivity contribution in [3.05, 3.63) is 52.5 Å². The lowest BCUT2D eigenvalue weighted by molar-refractivity contribution is 0.208. The molecule has 4 nitrogen and oxygen atoms in total. The molecule has 120 valence electrons. The highest BCUT2D eigenvalue weighted by atomic mass is 35.5. The summed E-state index contributed by atoms with van der Waals surface area (Å²) in [6.45, 7) is 6.43. The van der Waals surface area contributed by atoms with Crippen LogP contribution >= 0.6 is 11.6 Å². The van der Waals surface area contributed by atoms with E-state index in [0.717, 1.165) is 16.8 Å². The van der Waals surface area contributed by atoms with Crippen LogP contribution in [0.2, 0.25) is 5.02 Å². The number of amides is 2. The summed E-state index contributed by atoms with van der Waals surface area (Å²) >= 11 is 6.07. The Kier molecular flexibility index (Phi) is 4.18. The number of ether oxygens (including phenoxy) is 1. The van der Waals surface area contributed by atoms with E-state index in [1.54, 1.807) is 23.1 Å². The van der Waals surface area contributed by atoms with Crippen LogP contribution in [0.25, 0.3) is 0 Å². The van der Waals surface area contributed by atoms with E-state index in [9.17, 15) is 4.79 Å². The van der Waals surface area contributed by atoms with Crippen LogP contribution in [0, 0.1) is 13.8 Å². The topological polar surface area (TPSA) is 41.6 Å². The molecule has 0 bridgehead atoms. The van der Waals surface area contributed by atoms with Gasteiger partial charge in [-0.05, 0) is 62.2 Å². The minimum absolute atomic E-state index is 0.0753. The zero-order valence-corrected chi connectivity index (χ0v) is 14.1. The lowest BCUT2D eigenvalue weighted by atomic mass is 10.1. The van der Waals surface area contributed by atoms with Crippen LogP contribution < -0.4 is 15.0 Å². The molecule has 1 atom stereocenters. The molecule has 0 aliphatic carbocycles. The molecular weight excluding hydrogens is 312 g/mol. The summed E-state index contributed by atoms with van der Waals surface area (Å²) in [5.41, 5.74) is 3.70. The number of hydrogen-bond donors (Lipinski definition) is 1. The minimum atomic E-state index is -0.186. The number of rotatable bonds is 1. The lowest BCUT2D eigenvalue weighted by Crippen LogP contribution is -2.44. The van der Waals surface area contributed by atoms with Crippen molar-refractivity contribution in [2.24, 2.45) is 0 Å². The van der Waals surface area contributed by atoms with Crippen LogP contribution in [0.4, 0.5) is 16.2 Å². The molecule has 0 spiro atoms. The fraction of sp³-hybridized carbons (Fsp3) is 0.278. The molecule has 23 heavy (non-hydrogen) atoms. The molecule has 0 aromatic heterocycles. The third-order valence-electron chi connectivity index (χ3n) is 3.70. The van der Waals surface area contributed by atoms with Gasteiger partial charge in [0, 0.05) is 10.7 Å². The summed E-state index contributed by atoms with van der Waals surface area (Å²) in [5.74, 6) is 0.670. The van der Waals surface area contributed by atoms with Crippen LogP contribution in [-0.4, -0.2) is 18.7 Å². The molecular formula is C18H19ClN2O2. The van der Waals surface area contributed by atoms with Crippen molar-refractivity contribution in [2.45, 2.75) is 26.9 Å². The van der Waals surface area contributed by atoms with Crippen LogP contribution in [0.1, 0.15) is 18.1 Å². The third kappa shape index (κ3) is 3.42. The van der Waals surface area contributed by atoms with E-state index < -0.39 is 0 Å². The molecule has 0 saturated heterocycles. The number of benzene rings is 2. The molecule has 2 aromatic carbocycles. The Bertz CT molecular complexity index is 740. The number of nitrogens with one attached hydrogen (secondary N) is 1. The van der Waals surface area contributed by atoms with Gasteiger partial charge in [-0.15, -0.1) is 0 Å². The molecule has 3 rings (SSSR count). The first kappa shape index (κ1) is 15.7. The maximum absolute atomic E-state index is 12.7. The second-order valence-electron chi connectivity index (χ2n) is 5.96. The average Bonchev–Trinajstić information content (AvgIpc) is 2.45. The fourth-order valence-corrected chi connectivity index (χ4v) is 3.01. The van der Waals surface area contributed by atoms with E-state index in [4.69, 9.17) is 16.3 Å². The van der Waals surface area contributed by atoms with E-state index in [1.165, 1.54) is 0 Å². The van der Waals surface area contributed by atoms with Crippen molar-refractivity contribution in [3.63, 3.8) is 0 Å². The maximum atomic E-state index is 12.7. The molecule has 1 aliphatic heterocycles. The van der Waals surface area contributed by atoms with Crippen LogP contribution in [-0.2, 0) is 0 Å². The predicted octanol–water partition coefficient (Wildman–Crippen LogP) is 4.78. The number of fused-ring (bicyclic) bond motifs is 1. The summed E-state index contributed by atoms with van der Waals surface area (Å²) in [6.07, 6.45) is -0.0753. The van der Waals surface area contributed by atoms with Gasteiger partial charge in [-0.1, -0.05) is 17.7 Å². The van der Waals surface area contributed by atoms with Gasteiger partial charge in [0.2, 0.25) is 0 Å². The highest BCUT2D eigenvalue weighted by Gasteiger charge is 2.28. The Hall–Kier alpha value is -2.20. The van der Waals surface area contributed by atoms with Crippen molar-refractivity contribution >= 4 is 29.0 Å². The van der Waals surface area contributed by atoms with Gasteiger partial charge in [0.15, 0.2) is 0 Å². The Morgan fingerprint density at radius 2 is 1.91 bits per heavy atom. The molecule has 2 amide bonds.